The molecule has 1 aromatic rings. The molecule has 106 valence electrons. The Morgan fingerprint density at radius 1 is 1.16 bits per heavy atom. The van der Waals surface area contributed by atoms with E-state index in [9.17, 15) is 9.18 Å². The number of nitrogens with zero attached hydrogens (tertiary/aromatic N) is 2. The van der Waals surface area contributed by atoms with Crippen molar-refractivity contribution in [3.63, 3.8) is 0 Å². The third-order valence-corrected chi connectivity index (χ3v) is 3.29. The van der Waals surface area contributed by atoms with Gasteiger partial charge in [0.25, 0.3) is 0 Å². The molecule has 0 saturated heterocycles. The Bertz CT molecular complexity index is 403. The lowest BCUT2D eigenvalue weighted by molar-refractivity contribution is 0.0865. The van der Waals surface area contributed by atoms with E-state index in [0.29, 0.717) is 5.56 Å². The third-order valence-electron chi connectivity index (χ3n) is 3.29. The van der Waals surface area contributed by atoms with Gasteiger partial charge in [-0.15, -0.1) is 0 Å². The molecule has 3 nitrogen and oxygen atoms in total. The maximum absolute atomic E-state index is 12.8. The predicted octanol–water partition coefficient (Wildman–Crippen LogP) is 2.28. The monoisotopic (exact) mass is 266 g/mol. The van der Waals surface area contributed by atoms with Gasteiger partial charge in [0.1, 0.15) is 5.82 Å². The van der Waals surface area contributed by atoms with Crippen molar-refractivity contribution in [1.82, 2.24) is 9.80 Å². The molecule has 1 unspecified atom stereocenters. The van der Waals surface area contributed by atoms with E-state index >= 15 is 0 Å². The van der Waals surface area contributed by atoms with Crippen LogP contribution in [0.3, 0.4) is 0 Å². The van der Waals surface area contributed by atoms with Gasteiger partial charge in [0, 0.05) is 5.56 Å². The molecule has 0 aliphatic heterocycles. The van der Waals surface area contributed by atoms with E-state index in [0.717, 1.165) is 19.5 Å². The Morgan fingerprint density at radius 3 is 2.26 bits per heavy atom. The zero-order chi connectivity index (χ0) is 14.4. The molecule has 0 saturated carbocycles. The number of halogens is 1. The van der Waals surface area contributed by atoms with Crippen molar-refractivity contribution in [1.29, 1.82) is 0 Å². The lowest BCUT2D eigenvalue weighted by atomic mass is 10.0. The molecule has 0 spiro atoms. The van der Waals surface area contributed by atoms with Crippen molar-refractivity contribution in [2.45, 2.75) is 19.4 Å². The Balaban J connectivity index is 2.53. The highest BCUT2D eigenvalue weighted by molar-refractivity contribution is 5.99. The average molecular weight is 266 g/mol. The number of rotatable bonds is 7. The van der Waals surface area contributed by atoms with Crippen LogP contribution in [0, 0.1) is 5.82 Å². The lowest BCUT2D eigenvalue weighted by Crippen LogP contribution is -2.37. The molecule has 0 N–H and O–H groups in total. The number of ketones is 1. The minimum absolute atomic E-state index is 0.0346. The first kappa shape index (κ1) is 15.8. The largest absolute Gasteiger partial charge is 0.309 e. The fourth-order valence-corrected chi connectivity index (χ4v) is 1.89. The Morgan fingerprint density at radius 2 is 1.74 bits per heavy atom. The second kappa shape index (κ2) is 7.36. The van der Waals surface area contributed by atoms with Crippen LogP contribution in [-0.2, 0) is 0 Å². The zero-order valence-corrected chi connectivity index (χ0v) is 12.2. The first-order valence-corrected chi connectivity index (χ1v) is 6.56. The topological polar surface area (TPSA) is 23.6 Å². The van der Waals surface area contributed by atoms with E-state index in [1.807, 2.05) is 33.0 Å². The zero-order valence-electron chi connectivity index (χ0n) is 12.2. The van der Waals surface area contributed by atoms with Crippen LogP contribution < -0.4 is 0 Å². The van der Waals surface area contributed by atoms with Gasteiger partial charge in [0.15, 0.2) is 5.78 Å². The van der Waals surface area contributed by atoms with Crippen LogP contribution in [0.15, 0.2) is 24.3 Å². The highest BCUT2D eigenvalue weighted by atomic mass is 19.1. The molecule has 0 heterocycles. The van der Waals surface area contributed by atoms with Crippen molar-refractivity contribution in [3.8, 4) is 0 Å². The Hall–Kier alpha value is -1.26. The number of hydrogen-bond donors (Lipinski definition) is 0. The lowest BCUT2D eigenvalue weighted by Gasteiger charge is -2.24. The second-order valence-corrected chi connectivity index (χ2v) is 5.18. The highest BCUT2D eigenvalue weighted by Gasteiger charge is 2.19. The standard InChI is InChI=1S/C15H23FN2O/c1-12(18(4)11-5-10-17(2)3)15(19)13-6-8-14(16)9-7-13/h6-9,12H,5,10-11H2,1-4H3. The molecule has 4 heteroatoms. The summed E-state index contributed by atoms with van der Waals surface area (Å²) in [6, 6.07) is 5.55. The molecule has 0 amide bonds. The van der Waals surface area contributed by atoms with Crippen molar-refractivity contribution in [2.24, 2.45) is 0 Å². The second-order valence-electron chi connectivity index (χ2n) is 5.18. The van der Waals surface area contributed by atoms with Gasteiger partial charge in [-0.3, -0.25) is 9.69 Å². The first-order chi connectivity index (χ1) is 8.91. The fraction of sp³-hybridized carbons (Fsp3) is 0.533. The van der Waals surface area contributed by atoms with Gasteiger partial charge >= 0.3 is 0 Å². The van der Waals surface area contributed by atoms with E-state index in [-0.39, 0.29) is 17.6 Å². The summed E-state index contributed by atoms with van der Waals surface area (Å²) in [4.78, 5) is 16.4. The summed E-state index contributed by atoms with van der Waals surface area (Å²) in [7, 11) is 6.02. The highest BCUT2D eigenvalue weighted by Crippen LogP contribution is 2.09. The summed E-state index contributed by atoms with van der Waals surface area (Å²) >= 11 is 0. The van der Waals surface area contributed by atoms with E-state index in [1.165, 1.54) is 12.1 Å². The molecule has 0 bridgehead atoms. The van der Waals surface area contributed by atoms with Crippen LogP contribution in [0.25, 0.3) is 0 Å². The van der Waals surface area contributed by atoms with Crippen molar-refractivity contribution in [3.05, 3.63) is 35.6 Å². The van der Waals surface area contributed by atoms with E-state index in [1.54, 1.807) is 12.1 Å². The quantitative estimate of drug-likeness (QED) is 0.707. The molecular weight excluding hydrogens is 243 g/mol. The molecule has 1 aromatic carbocycles. The van der Waals surface area contributed by atoms with Crippen LogP contribution in [0.1, 0.15) is 23.7 Å². The number of hydrogen-bond acceptors (Lipinski definition) is 3. The number of carbonyl (C=O) groups excluding carboxylic acids is 1. The Labute approximate surface area is 115 Å². The Kier molecular flexibility index (Phi) is 6.12. The molecular formula is C15H23FN2O. The van der Waals surface area contributed by atoms with Gasteiger partial charge in [-0.05, 0) is 71.8 Å². The van der Waals surface area contributed by atoms with E-state index < -0.39 is 0 Å². The van der Waals surface area contributed by atoms with Gasteiger partial charge in [0.2, 0.25) is 0 Å². The molecule has 0 fully saturated rings. The first-order valence-electron chi connectivity index (χ1n) is 6.56. The van der Waals surface area contributed by atoms with Gasteiger partial charge < -0.3 is 4.90 Å². The van der Waals surface area contributed by atoms with Crippen LogP contribution in [-0.4, -0.2) is 55.9 Å². The summed E-state index contributed by atoms with van der Waals surface area (Å²) in [5.41, 5.74) is 0.563. The van der Waals surface area contributed by atoms with Gasteiger partial charge in [-0.1, -0.05) is 0 Å². The molecule has 0 aliphatic rings. The normalized spacial score (nSPS) is 13.0. The number of carbonyl (C=O) groups is 1. The summed E-state index contributed by atoms with van der Waals surface area (Å²) in [5, 5.41) is 0. The summed E-state index contributed by atoms with van der Waals surface area (Å²) < 4.78 is 12.8. The minimum Gasteiger partial charge on any atom is -0.309 e. The molecule has 0 aliphatic carbocycles. The third kappa shape index (κ3) is 5.09. The minimum atomic E-state index is -0.316. The van der Waals surface area contributed by atoms with Crippen LogP contribution >= 0.6 is 0 Å². The summed E-state index contributed by atoms with van der Waals surface area (Å²) in [6.07, 6.45) is 1.02. The maximum Gasteiger partial charge on any atom is 0.179 e. The van der Waals surface area contributed by atoms with Crippen LogP contribution in [0.2, 0.25) is 0 Å². The average Bonchev–Trinajstić information content (AvgIpc) is 2.37. The van der Waals surface area contributed by atoms with Crippen molar-refractivity contribution >= 4 is 5.78 Å². The molecule has 0 aromatic heterocycles. The van der Waals surface area contributed by atoms with Gasteiger partial charge in [-0.25, -0.2) is 4.39 Å². The van der Waals surface area contributed by atoms with E-state index in [2.05, 4.69) is 4.90 Å². The summed E-state index contributed by atoms with van der Waals surface area (Å²) in [6.45, 7) is 3.76. The van der Waals surface area contributed by atoms with Gasteiger partial charge in [0.05, 0.1) is 6.04 Å². The van der Waals surface area contributed by atoms with Crippen molar-refractivity contribution in [2.75, 3.05) is 34.2 Å². The molecule has 0 radical (unpaired) electrons. The number of Topliss-reactive ketones (excluding diaryl/α,β-unsaturated/α-hetero) is 1. The maximum atomic E-state index is 12.8. The van der Waals surface area contributed by atoms with Crippen molar-refractivity contribution < 1.29 is 9.18 Å². The summed E-state index contributed by atoms with van der Waals surface area (Å²) in [5.74, 6) is -0.282. The predicted molar refractivity (Wildman–Crippen MR) is 76.0 cm³/mol. The molecule has 19 heavy (non-hydrogen) atoms. The van der Waals surface area contributed by atoms with Crippen LogP contribution in [0.4, 0.5) is 4.39 Å². The number of likely N-dealkylation sites (N-methyl/N-ethyl adjacent to an activating group) is 1. The molecule has 1 rings (SSSR count). The van der Waals surface area contributed by atoms with Gasteiger partial charge in [-0.2, -0.15) is 0 Å². The SMILES string of the molecule is CC(C(=O)c1ccc(F)cc1)N(C)CCCN(C)C. The fourth-order valence-electron chi connectivity index (χ4n) is 1.89. The number of benzene rings is 1. The molecule has 1 atom stereocenters. The smallest absolute Gasteiger partial charge is 0.179 e. The van der Waals surface area contributed by atoms with E-state index in [4.69, 9.17) is 0 Å². The van der Waals surface area contributed by atoms with Crippen LogP contribution in [0.5, 0.6) is 0 Å².